The van der Waals surface area contributed by atoms with Crippen LogP contribution in [0.25, 0.3) is 0 Å². The Morgan fingerprint density at radius 3 is 1.74 bits per heavy atom. The third-order valence-corrected chi connectivity index (χ3v) is 4.66. The van der Waals surface area contributed by atoms with Crippen LogP contribution in [-0.4, -0.2) is 31.6 Å². The van der Waals surface area contributed by atoms with Crippen molar-refractivity contribution in [1.82, 2.24) is 0 Å². The van der Waals surface area contributed by atoms with E-state index in [1.54, 1.807) is 0 Å². The second kappa shape index (κ2) is 16.4. The number of carbonyl (C=O) groups excluding carboxylic acids is 1. The van der Waals surface area contributed by atoms with Crippen LogP contribution in [0, 0.1) is 5.41 Å². The summed E-state index contributed by atoms with van der Waals surface area (Å²) in [5, 5.41) is 0. The molecule has 0 aromatic heterocycles. The van der Waals surface area contributed by atoms with E-state index in [2.05, 4.69) is 20.8 Å². The Bertz CT molecular complexity index is 339. The smallest absolute Gasteiger partial charge is 0.311 e. The van der Waals surface area contributed by atoms with E-state index in [1.807, 2.05) is 20.8 Å². The van der Waals surface area contributed by atoms with E-state index in [-0.39, 0.29) is 18.4 Å². The van der Waals surface area contributed by atoms with Crippen LogP contribution in [0.1, 0.15) is 112 Å². The van der Waals surface area contributed by atoms with Gasteiger partial charge in [0.05, 0.1) is 5.41 Å². The molecule has 4 nitrogen and oxygen atoms in total. The first kappa shape index (κ1) is 26.4. The van der Waals surface area contributed by atoms with Gasteiger partial charge in [-0.1, -0.05) is 46.5 Å². The lowest BCUT2D eigenvalue weighted by atomic mass is 9.97. The molecule has 162 valence electrons. The molecular formula is C23H46O4. The number of carbonyl (C=O) groups is 1. The topological polar surface area (TPSA) is 44.8 Å². The normalized spacial score (nSPS) is 13.1. The van der Waals surface area contributed by atoms with Crippen molar-refractivity contribution in [3.63, 3.8) is 0 Å². The van der Waals surface area contributed by atoms with Crippen LogP contribution in [0.5, 0.6) is 0 Å². The van der Waals surface area contributed by atoms with Gasteiger partial charge in [-0.3, -0.25) is 4.79 Å². The van der Waals surface area contributed by atoms with Crippen LogP contribution in [0.15, 0.2) is 0 Å². The summed E-state index contributed by atoms with van der Waals surface area (Å²) in [6.45, 7) is 13.8. The van der Waals surface area contributed by atoms with E-state index in [4.69, 9.17) is 14.2 Å². The lowest BCUT2D eigenvalue weighted by Crippen LogP contribution is -2.28. The zero-order valence-electron chi connectivity index (χ0n) is 19.0. The van der Waals surface area contributed by atoms with Crippen molar-refractivity contribution < 1.29 is 19.0 Å². The second-order valence-electron chi connectivity index (χ2n) is 8.56. The van der Waals surface area contributed by atoms with Crippen LogP contribution < -0.4 is 0 Å². The molecule has 0 aliphatic rings. The Hall–Kier alpha value is -0.610. The molecule has 0 fully saturated rings. The summed E-state index contributed by atoms with van der Waals surface area (Å²) in [6, 6.07) is 0. The number of esters is 1. The predicted octanol–water partition coefficient (Wildman–Crippen LogP) is 6.65. The molecule has 0 rings (SSSR count). The summed E-state index contributed by atoms with van der Waals surface area (Å²) in [5.74, 6) is -0.0920. The molecule has 0 saturated heterocycles. The lowest BCUT2D eigenvalue weighted by molar-refractivity contribution is -0.159. The standard InChI is InChI=1S/C23H46O4/c1-7-10-18-25-21(26-19-11-8-2)17-15-13-12-14-16-20(9-3)27-22(24)23(4,5)6/h20-21H,7-19H2,1-6H3. The van der Waals surface area contributed by atoms with Gasteiger partial charge in [0.2, 0.25) is 0 Å². The summed E-state index contributed by atoms with van der Waals surface area (Å²) in [6.07, 6.45) is 11.9. The molecule has 0 aromatic rings. The van der Waals surface area contributed by atoms with Crippen molar-refractivity contribution in [2.24, 2.45) is 5.41 Å². The van der Waals surface area contributed by atoms with Gasteiger partial charge in [0, 0.05) is 13.2 Å². The van der Waals surface area contributed by atoms with Crippen LogP contribution in [0.4, 0.5) is 0 Å². The van der Waals surface area contributed by atoms with Crippen molar-refractivity contribution >= 4 is 5.97 Å². The van der Waals surface area contributed by atoms with Gasteiger partial charge < -0.3 is 14.2 Å². The summed E-state index contributed by atoms with van der Waals surface area (Å²) < 4.78 is 17.4. The van der Waals surface area contributed by atoms with Gasteiger partial charge >= 0.3 is 5.97 Å². The summed E-state index contributed by atoms with van der Waals surface area (Å²) >= 11 is 0. The van der Waals surface area contributed by atoms with E-state index in [0.717, 1.165) is 71.0 Å². The number of ether oxygens (including phenoxy) is 3. The number of hydrogen-bond acceptors (Lipinski definition) is 4. The van der Waals surface area contributed by atoms with E-state index in [9.17, 15) is 4.79 Å². The van der Waals surface area contributed by atoms with Crippen LogP contribution in [-0.2, 0) is 19.0 Å². The van der Waals surface area contributed by atoms with Crippen molar-refractivity contribution in [3.8, 4) is 0 Å². The third-order valence-electron chi connectivity index (χ3n) is 4.66. The number of unbranched alkanes of at least 4 members (excludes halogenated alkanes) is 5. The van der Waals surface area contributed by atoms with Crippen molar-refractivity contribution in [3.05, 3.63) is 0 Å². The number of hydrogen-bond donors (Lipinski definition) is 0. The predicted molar refractivity (Wildman–Crippen MR) is 113 cm³/mol. The maximum Gasteiger partial charge on any atom is 0.311 e. The highest BCUT2D eigenvalue weighted by Crippen LogP contribution is 2.20. The molecule has 0 N–H and O–H groups in total. The molecular weight excluding hydrogens is 340 g/mol. The molecule has 0 aliphatic heterocycles. The van der Waals surface area contributed by atoms with E-state index >= 15 is 0 Å². The molecule has 0 amide bonds. The largest absolute Gasteiger partial charge is 0.462 e. The molecule has 0 radical (unpaired) electrons. The van der Waals surface area contributed by atoms with Crippen LogP contribution >= 0.6 is 0 Å². The SMILES string of the molecule is CCCCOC(CCCCCCC(CC)OC(=O)C(C)(C)C)OCCCC. The first-order valence-electron chi connectivity index (χ1n) is 11.3. The second-order valence-corrected chi connectivity index (χ2v) is 8.56. The molecule has 4 heteroatoms. The Morgan fingerprint density at radius 2 is 1.30 bits per heavy atom. The minimum Gasteiger partial charge on any atom is -0.462 e. The summed E-state index contributed by atoms with van der Waals surface area (Å²) in [7, 11) is 0. The minimum absolute atomic E-state index is 0.0424. The molecule has 27 heavy (non-hydrogen) atoms. The lowest BCUT2D eigenvalue weighted by Gasteiger charge is -2.22. The molecule has 1 unspecified atom stereocenters. The van der Waals surface area contributed by atoms with Crippen molar-refractivity contribution in [1.29, 1.82) is 0 Å². The fraction of sp³-hybridized carbons (Fsp3) is 0.957. The average molecular weight is 387 g/mol. The fourth-order valence-electron chi connectivity index (χ4n) is 2.64. The Morgan fingerprint density at radius 1 is 0.778 bits per heavy atom. The molecule has 1 atom stereocenters. The van der Waals surface area contributed by atoms with E-state index < -0.39 is 5.41 Å². The molecule has 0 spiro atoms. The maximum atomic E-state index is 12.0. The van der Waals surface area contributed by atoms with Crippen molar-refractivity contribution in [2.45, 2.75) is 125 Å². The molecule has 0 aliphatic carbocycles. The Labute approximate surface area is 168 Å². The van der Waals surface area contributed by atoms with Crippen LogP contribution in [0.2, 0.25) is 0 Å². The highest BCUT2D eigenvalue weighted by molar-refractivity contribution is 5.75. The summed E-state index contributed by atoms with van der Waals surface area (Å²) in [4.78, 5) is 12.0. The Balaban J connectivity index is 3.95. The van der Waals surface area contributed by atoms with Gasteiger partial charge in [-0.15, -0.1) is 0 Å². The number of rotatable bonds is 17. The van der Waals surface area contributed by atoms with E-state index in [1.165, 1.54) is 12.8 Å². The zero-order valence-corrected chi connectivity index (χ0v) is 19.0. The first-order chi connectivity index (χ1) is 12.8. The van der Waals surface area contributed by atoms with Crippen molar-refractivity contribution in [2.75, 3.05) is 13.2 Å². The summed E-state index contributed by atoms with van der Waals surface area (Å²) in [5.41, 5.74) is -0.419. The highest BCUT2D eigenvalue weighted by Gasteiger charge is 2.25. The quantitative estimate of drug-likeness (QED) is 0.159. The van der Waals surface area contributed by atoms with Gasteiger partial charge in [0.15, 0.2) is 6.29 Å². The highest BCUT2D eigenvalue weighted by atomic mass is 16.7. The molecule has 0 saturated carbocycles. The van der Waals surface area contributed by atoms with E-state index in [0.29, 0.717) is 0 Å². The fourth-order valence-corrected chi connectivity index (χ4v) is 2.64. The zero-order chi connectivity index (χ0) is 20.5. The first-order valence-corrected chi connectivity index (χ1v) is 11.3. The van der Waals surface area contributed by atoms with Crippen LogP contribution in [0.3, 0.4) is 0 Å². The Kier molecular flexibility index (Phi) is 16.0. The third kappa shape index (κ3) is 15.0. The molecule has 0 heterocycles. The molecule has 0 aromatic carbocycles. The minimum atomic E-state index is -0.419. The maximum absolute atomic E-state index is 12.0. The van der Waals surface area contributed by atoms with Gasteiger partial charge in [-0.05, 0) is 65.7 Å². The van der Waals surface area contributed by atoms with Gasteiger partial charge in [0.1, 0.15) is 6.10 Å². The van der Waals surface area contributed by atoms with Gasteiger partial charge in [0.25, 0.3) is 0 Å². The van der Waals surface area contributed by atoms with Gasteiger partial charge in [-0.25, -0.2) is 0 Å². The monoisotopic (exact) mass is 386 g/mol. The van der Waals surface area contributed by atoms with Gasteiger partial charge in [-0.2, -0.15) is 0 Å². The average Bonchev–Trinajstić information content (AvgIpc) is 2.62. The molecule has 0 bridgehead atoms.